The Hall–Kier alpha value is -2.55. The molecule has 0 aliphatic heterocycles. The summed E-state index contributed by atoms with van der Waals surface area (Å²) in [6.07, 6.45) is 2.62. The van der Waals surface area contributed by atoms with Crippen LogP contribution in [0.25, 0.3) is 10.9 Å². The largest absolute Gasteiger partial charge is 0.388 e. The van der Waals surface area contributed by atoms with Crippen molar-refractivity contribution in [2.75, 3.05) is 12.4 Å². The number of fused-ring (bicyclic) bond motifs is 1. The molecule has 3 nitrogen and oxygen atoms in total. The Morgan fingerprint density at radius 1 is 1.05 bits per heavy atom. The Bertz CT molecular complexity index is 767. The highest BCUT2D eigenvalue weighted by Crippen LogP contribution is 2.20. The molecule has 0 unspecified atom stereocenters. The molecule has 0 saturated heterocycles. The summed E-state index contributed by atoms with van der Waals surface area (Å²) < 4.78 is 0. The molecule has 1 heterocycles. The molecule has 3 rings (SSSR count). The van der Waals surface area contributed by atoms with E-state index in [1.165, 1.54) is 16.8 Å². The Balaban J connectivity index is 0.000000164. The van der Waals surface area contributed by atoms with Gasteiger partial charge in [-0.2, -0.15) is 0 Å². The molecule has 0 spiro atoms. The van der Waals surface area contributed by atoms with Crippen molar-refractivity contribution in [2.24, 2.45) is 0 Å². The SMILES string of the molecule is CNc1cc(C)cc(C)c1.Cc1cccc2[nH]cc(C=O)c12. The standard InChI is InChI=1S/C10H9NO.C9H13N/c1-7-3-2-4-9-10(7)8(6-12)5-11-9;1-7-4-8(2)6-9(5-7)10-3/h2-6,11H,1H3;4-6,10H,1-3H3. The van der Waals surface area contributed by atoms with Crippen LogP contribution in [-0.4, -0.2) is 18.3 Å². The fourth-order valence-electron chi connectivity index (χ4n) is 2.61. The van der Waals surface area contributed by atoms with E-state index in [4.69, 9.17) is 0 Å². The minimum Gasteiger partial charge on any atom is -0.388 e. The Kier molecular flexibility index (Phi) is 4.99. The van der Waals surface area contributed by atoms with Gasteiger partial charge in [0.2, 0.25) is 0 Å². The van der Waals surface area contributed by atoms with Gasteiger partial charge in [-0.1, -0.05) is 18.2 Å². The maximum absolute atomic E-state index is 10.6. The number of rotatable bonds is 2. The molecule has 0 radical (unpaired) electrons. The minimum atomic E-state index is 0.739. The van der Waals surface area contributed by atoms with Crippen LogP contribution in [0.1, 0.15) is 27.0 Å². The Labute approximate surface area is 131 Å². The van der Waals surface area contributed by atoms with E-state index in [1.807, 2.05) is 32.2 Å². The Morgan fingerprint density at radius 2 is 1.73 bits per heavy atom. The van der Waals surface area contributed by atoms with Crippen LogP contribution < -0.4 is 5.32 Å². The predicted molar refractivity (Wildman–Crippen MR) is 93.9 cm³/mol. The molecule has 0 fully saturated rings. The quantitative estimate of drug-likeness (QED) is 0.677. The molecule has 2 N–H and O–H groups in total. The second-order valence-corrected chi connectivity index (χ2v) is 5.49. The number of aryl methyl sites for hydroxylation is 3. The van der Waals surface area contributed by atoms with Gasteiger partial charge in [-0.15, -0.1) is 0 Å². The number of hydrogen-bond donors (Lipinski definition) is 2. The van der Waals surface area contributed by atoms with Gasteiger partial charge in [0.25, 0.3) is 0 Å². The smallest absolute Gasteiger partial charge is 0.152 e. The highest BCUT2D eigenvalue weighted by atomic mass is 16.1. The second-order valence-electron chi connectivity index (χ2n) is 5.49. The summed E-state index contributed by atoms with van der Waals surface area (Å²) in [5.74, 6) is 0. The van der Waals surface area contributed by atoms with Gasteiger partial charge in [-0.05, 0) is 55.7 Å². The number of aromatic nitrogens is 1. The number of hydrogen-bond acceptors (Lipinski definition) is 2. The molecule has 0 atom stereocenters. The van der Waals surface area contributed by atoms with Crippen molar-refractivity contribution < 1.29 is 4.79 Å². The van der Waals surface area contributed by atoms with E-state index in [0.717, 1.165) is 28.3 Å². The first-order valence-corrected chi connectivity index (χ1v) is 7.33. The number of H-pyrrole nitrogens is 1. The molecule has 114 valence electrons. The molecular formula is C19H22N2O. The number of nitrogens with one attached hydrogen (secondary N) is 2. The van der Waals surface area contributed by atoms with Crippen LogP contribution in [0, 0.1) is 20.8 Å². The van der Waals surface area contributed by atoms with Crippen LogP contribution in [0.2, 0.25) is 0 Å². The van der Waals surface area contributed by atoms with Gasteiger partial charge < -0.3 is 10.3 Å². The van der Waals surface area contributed by atoms with Gasteiger partial charge in [0.1, 0.15) is 0 Å². The number of aromatic amines is 1. The van der Waals surface area contributed by atoms with Crippen molar-refractivity contribution in [1.29, 1.82) is 0 Å². The van der Waals surface area contributed by atoms with Gasteiger partial charge in [-0.3, -0.25) is 4.79 Å². The highest BCUT2D eigenvalue weighted by Gasteiger charge is 2.03. The van der Waals surface area contributed by atoms with Crippen molar-refractivity contribution in [3.05, 3.63) is 64.8 Å². The average molecular weight is 294 g/mol. The van der Waals surface area contributed by atoms with E-state index in [1.54, 1.807) is 6.20 Å². The Morgan fingerprint density at radius 3 is 2.32 bits per heavy atom. The van der Waals surface area contributed by atoms with Crippen LogP contribution in [0.4, 0.5) is 5.69 Å². The molecule has 0 aliphatic rings. The summed E-state index contributed by atoms with van der Waals surface area (Å²) >= 11 is 0. The summed E-state index contributed by atoms with van der Waals surface area (Å²) in [7, 11) is 1.94. The van der Waals surface area contributed by atoms with Crippen molar-refractivity contribution >= 4 is 22.9 Å². The van der Waals surface area contributed by atoms with E-state index in [-0.39, 0.29) is 0 Å². The van der Waals surface area contributed by atoms with Crippen molar-refractivity contribution in [2.45, 2.75) is 20.8 Å². The van der Waals surface area contributed by atoms with Crippen molar-refractivity contribution in [3.63, 3.8) is 0 Å². The van der Waals surface area contributed by atoms with Crippen LogP contribution in [0.15, 0.2) is 42.6 Å². The van der Waals surface area contributed by atoms with Gasteiger partial charge in [-0.25, -0.2) is 0 Å². The number of aldehydes is 1. The van der Waals surface area contributed by atoms with Crippen LogP contribution in [0.3, 0.4) is 0 Å². The van der Waals surface area contributed by atoms with E-state index in [2.05, 4.69) is 42.3 Å². The normalized spacial score (nSPS) is 10.0. The van der Waals surface area contributed by atoms with Crippen molar-refractivity contribution in [3.8, 4) is 0 Å². The highest BCUT2D eigenvalue weighted by molar-refractivity contribution is 5.98. The first-order valence-electron chi connectivity index (χ1n) is 7.33. The van der Waals surface area contributed by atoms with E-state index >= 15 is 0 Å². The zero-order valence-electron chi connectivity index (χ0n) is 13.5. The summed E-state index contributed by atoms with van der Waals surface area (Å²) in [5, 5.41) is 4.14. The lowest BCUT2D eigenvalue weighted by Gasteiger charge is -2.02. The monoisotopic (exact) mass is 294 g/mol. The van der Waals surface area contributed by atoms with E-state index in [9.17, 15) is 4.79 Å². The third kappa shape index (κ3) is 3.55. The molecule has 3 aromatic rings. The van der Waals surface area contributed by atoms with Gasteiger partial charge in [0.15, 0.2) is 6.29 Å². The van der Waals surface area contributed by atoms with Gasteiger partial charge in [0.05, 0.1) is 0 Å². The molecule has 22 heavy (non-hydrogen) atoms. The third-order valence-corrected chi connectivity index (χ3v) is 3.58. The fraction of sp³-hybridized carbons (Fsp3) is 0.211. The molecular weight excluding hydrogens is 272 g/mol. The second kappa shape index (κ2) is 6.94. The molecule has 3 heteroatoms. The fourth-order valence-corrected chi connectivity index (χ4v) is 2.61. The first-order chi connectivity index (χ1) is 10.5. The minimum absolute atomic E-state index is 0.739. The van der Waals surface area contributed by atoms with Gasteiger partial charge in [0, 0.05) is 35.4 Å². The average Bonchev–Trinajstić information content (AvgIpc) is 2.91. The van der Waals surface area contributed by atoms with Gasteiger partial charge >= 0.3 is 0 Å². The number of anilines is 1. The summed E-state index contributed by atoms with van der Waals surface area (Å²) in [6.45, 7) is 6.21. The van der Waals surface area contributed by atoms with Crippen molar-refractivity contribution in [1.82, 2.24) is 4.98 Å². The lowest BCUT2D eigenvalue weighted by Crippen LogP contribution is -1.88. The molecule has 2 aromatic carbocycles. The lowest BCUT2D eigenvalue weighted by molar-refractivity contribution is 0.112. The summed E-state index contributed by atoms with van der Waals surface area (Å²) in [4.78, 5) is 13.7. The predicted octanol–water partition coefficient (Wildman–Crippen LogP) is 4.63. The maximum Gasteiger partial charge on any atom is 0.152 e. The topological polar surface area (TPSA) is 44.9 Å². The molecule has 1 aromatic heterocycles. The molecule has 0 bridgehead atoms. The molecule has 0 aliphatic carbocycles. The van der Waals surface area contributed by atoms with E-state index in [0.29, 0.717) is 0 Å². The maximum atomic E-state index is 10.6. The lowest BCUT2D eigenvalue weighted by atomic mass is 10.1. The third-order valence-electron chi connectivity index (χ3n) is 3.58. The summed E-state index contributed by atoms with van der Waals surface area (Å²) in [5.41, 5.74) is 6.71. The van der Waals surface area contributed by atoms with E-state index < -0.39 is 0 Å². The molecule has 0 amide bonds. The van der Waals surface area contributed by atoms with Crippen LogP contribution in [-0.2, 0) is 0 Å². The first kappa shape index (κ1) is 15.8. The molecule has 0 saturated carbocycles. The number of benzene rings is 2. The number of carbonyl (C=O) groups is 1. The van der Waals surface area contributed by atoms with Crippen LogP contribution in [0.5, 0.6) is 0 Å². The number of carbonyl (C=O) groups excluding carboxylic acids is 1. The summed E-state index contributed by atoms with van der Waals surface area (Å²) in [6, 6.07) is 12.4. The van der Waals surface area contributed by atoms with Crippen LogP contribution >= 0.6 is 0 Å². The zero-order chi connectivity index (χ0) is 16.1. The zero-order valence-corrected chi connectivity index (χ0v) is 13.5.